The minimum absolute atomic E-state index is 0.0425. The van der Waals surface area contributed by atoms with Crippen LogP contribution in [0.25, 0.3) is 10.1 Å². The molecule has 0 aliphatic rings. The molecule has 0 atom stereocenters. The molecular weight excluding hydrogens is 552 g/mol. The van der Waals surface area contributed by atoms with Crippen LogP contribution in [0.2, 0.25) is 10.2 Å². The summed E-state index contributed by atoms with van der Waals surface area (Å²) in [5.74, 6) is -0.657. The predicted molar refractivity (Wildman–Crippen MR) is 136 cm³/mol. The van der Waals surface area contributed by atoms with Gasteiger partial charge in [-0.05, 0) is 54.8 Å². The van der Waals surface area contributed by atoms with E-state index < -0.39 is 28.6 Å². The largest absolute Gasteiger partial charge is 0.489 e. The number of hydrogen-bond acceptors (Lipinski definition) is 6. The quantitative estimate of drug-likeness (QED) is 0.183. The summed E-state index contributed by atoms with van der Waals surface area (Å²) in [7, 11) is 0. The van der Waals surface area contributed by atoms with E-state index in [9.17, 15) is 22.8 Å². The molecular formula is C25H17Cl2F3N2O4S. The lowest BCUT2D eigenvalue weighted by molar-refractivity contribution is -0.137. The molecule has 2 heterocycles. The van der Waals surface area contributed by atoms with Crippen molar-refractivity contribution < 1.29 is 32.2 Å². The minimum atomic E-state index is -4.65. The normalized spacial score (nSPS) is 11.4. The summed E-state index contributed by atoms with van der Waals surface area (Å²) < 4.78 is 50.7. The Kier molecular flexibility index (Phi) is 7.91. The highest BCUT2D eigenvalue weighted by Gasteiger charge is 2.33. The van der Waals surface area contributed by atoms with Crippen molar-refractivity contribution in [1.29, 1.82) is 0 Å². The minimum Gasteiger partial charge on any atom is -0.489 e. The number of halogens is 5. The highest BCUT2D eigenvalue weighted by molar-refractivity contribution is 7.17. The predicted octanol–water partition coefficient (Wildman–Crippen LogP) is 7.63. The van der Waals surface area contributed by atoms with E-state index >= 15 is 0 Å². The summed E-state index contributed by atoms with van der Waals surface area (Å²) in [5.41, 5.74) is 0.160. The molecule has 12 heteroatoms. The number of ether oxygens (including phenoxy) is 2. The zero-order valence-corrected chi connectivity index (χ0v) is 21.3. The van der Waals surface area contributed by atoms with Crippen LogP contribution in [0.3, 0.4) is 0 Å². The summed E-state index contributed by atoms with van der Waals surface area (Å²) in [6, 6.07) is 9.19. The van der Waals surface area contributed by atoms with Gasteiger partial charge in [-0.3, -0.25) is 4.79 Å². The fourth-order valence-corrected chi connectivity index (χ4v) is 5.01. The fourth-order valence-electron chi connectivity index (χ4n) is 3.41. The number of esters is 1. The van der Waals surface area contributed by atoms with Gasteiger partial charge in [0, 0.05) is 28.4 Å². The average molecular weight is 569 g/mol. The molecule has 0 unspecified atom stereocenters. The van der Waals surface area contributed by atoms with E-state index in [-0.39, 0.29) is 29.6 Å². The van der Waals surface area contributed by atoms with Crippen LogP contribution in [-0.2, 0) is 17.5 Å². The van der Waals surface area contributed by atoms with Gasteiger partial charge in [0.25, 0.3) is 5.91 Å². The lowest BCUT2D eigenvalue weighted by Gasteiger charge is -2.12. The first-order valence-electron chi connectivity index (χ1n) is 10.7. The monoisotopic (exact) mass is 568 g/mol. The summed E-state index contributed by atoms with van der Waals surface area (Å²) in [5, 5.41) is 4.60. The summed E-state index contributed by atoms with van der Waals surface area (Å²) in [6.07, 6.45) is -3.27. The number of fused-ring (bicyclic) bond motifs is 1. The number of rotatable bonds is 7. The number of anilines is 1. The Hall–Kier alpha value is -3.34. The van der Waals surface area contributed by atoms with E-state index in [0.29, 0.717) is 27.0 Å². The van der Waals surface area contributed by atoms with Crippen molar-refractivity contribution >= 4 is 62.2 Å². The second-order valence-corrected chi connectivity index (χ2v) is 9.25. The Morgan fingerprint density at radius 3 is 2.51 bits per heavy atom. The van der Waals surface area contributed by atoms with E-state index in [1.165, 1.54) is 35.7 Å². The number of amides is 1. The molecule has 192 valence electrons. The standard InChI is InChI=1S/C25H17Cl2F3N2O4S/c1-2-35-24(34)17-10-31-22(27)20-14(12-37-21(17)20)11-36-16-6-3-13(4-7-16)23(33)32-15-5-8-19(26)18(9-15)25(28,29)30/h3-10,12H,2,11H2,1H3,(H,32,33). The van der Waals surface area contributed by atoms with Crippen molar-refractivity contribution in [2.75, 3.05) is 11.9 Å². The maximum Gasteiger partial charge on any atom is 0.417 e. The molecule has 4 aromatic rings. The maximum atomic E-state index is 13.1. The first-order valence-corrected chi connectivity index (χ1v) is 12.3. The van der Waals surface area contributed by atoms with Crippen molar-refractivity contribution in [3.8, 4) is 5.75 Å². The average Bonchev–Trinajstić information content (AvgIpc) is 3.29. The van der Waals surface area contributed by atoms with Crippen molar-refractivity contribution in [3.63, 3.8) is 0 Å². The van der Waals surface area contributed by atoms with Crippen molar-refractivity contribution in [3.05, 3.63) is 86.5 Å². The van der Waals surface area contributed by atoms with Gasteiger partial charge >= 0.3 is 12.1 Å². The molecule has 4 rings (SSSR count). The third-order valence-corrected chi connectivity index (χ3v) is 6.84. The topological polar surface area (TPSA) is 77.5 Å². The van der Waals surface area contributed by atoms with Crippen molar-refractivity contribution in [2.45, 2.75) is 19.7 Å². The van der Waals surface area contributed by atoms with E-state index in [1.54, 1.807) is 19.1 Å². The van der Waals surface area contributed by atoms with Gasteiger partial charge in [-0.2, -0.15) is 13.2 Å². The van der Waals surface area contributed by atoms with E-state index in [2.05, 4.69) is 10.3 Å². The van der Waals surface area contributed by atoms with Gasteiger partial charge in [0.1, 0.15) is 17.5 Å². The number of carbonyl (C=O) groups is 2. The lowest BCUT2D eigenvalue weighted by atomic mass is 10.1. The molecule has 37 heavy (non-hydrogen) atoms. The van der Waals surface area contributed by atoms with Gasteiger partial charge in [0.05, 0.1) is 27.5 Å². The summed E-state index contributed by atoms with van der Waals surface area (Å²) in [4.78, 5) is 28.8. The molecule has 0 radical (unpaired) electrons. The van der Waals surface area contributed by atoms with Crippen molar-refractivity contribution in [1.82, 2.24) is 4.98 Å². The molecule has 1 N–H and O–H groups in total. The number of nitrogens with one attached hydrogen (secondary N) is 1. The third kappa shape index (κ3) is 5.98. The second-order valence-electron chi connectivity index (χ2n) is 7.61. The highest BCUT2D eigenvalue weighted by Crippen LogP contribution is 2.37. The number of benzene rings is 2. The SMILES string of the molecule is CCOC(=O)c1cnc(Cl)c2c(COc3ccc(C(=O)Nc4ccc(Cl)c(C(F)(F)F)c4)cc3)csc12. The molecule has 1 amide bonds. The number of thiophene rings is 1. The molecule has 2 aromatic heterocycles. The molecule has 0 bridgehead atoms. The molecule has 0 spiro atoms. The Morgan fingerprint density at radius 2 is 1.84 bits per heavy atom. The molecule has 0 saturated heterocycles. The number of nitrogens with zero attached hydrogens (tertiary/aromatic N) is 1. The molecule has 2 aromatic carbocycles. The fraction of sp³-hybridized carbons (Fsp3) is 0.160. The summed E-state index contributed by atoms with van der Waals surface area (Å²) >= 11 is 13.2. The Labute approximate surface area is 222 Å². The Bertz CT molecular complexity index is 1470. The van der Waals surface area contributed by atoms with E-state index in [4.69, 9.17) is 32.7 Å². The van der Waals surface area contributed by atoms with Crippen LogP contribution in [0.15, 0.2) is 54.0 Å². The number of aromatic nitrogens is 1. The first kappa shape index (κ1) is 26.7. The van der Waals surface area contributed by atoms with Crippen LogP contribution in [0.1, 0.15) is 38.8 Å². The van der Waals surface area contributed by atoms with Gasteiger partial charge in [-0.25, -0.2) is 9.78 Å². The van der Waals surface area contributed by atoms with Crippen LogP contribution >= 0.6 is 34.5 Å². The molecule has 0 fully saturated rings. The van der Waals surface area contributed by atoms with Crippen LogP contribution in [-0.4, -0.2) is 23.5 Å². The Balaban J connectivity index is 1.45. The highest BCUT2D eigenvalue weighted by atomic mass is 35.5. The van der Waals surface area contributed by atoms with Gasteiger partial charge in [0.15, 0.2) is 0 Å². The molecule has 6 nitrogen and oxygen atoms in total. The lowest BCUT2D eigenvalue weighted by Crippen LogP contribution is -2.13. The number of hydrogen-bond donors (Lipinski definition) is 1. The number of carbonyl (C=O) groups excluding carboxylic acids is 2. The number of alkyl halides is 3. The second kappa shape index (κ2) is 11.0. The van der Waals surface area contributed by atoms with Crippen LogP contribution in [0.5, 0.6) is 5.75 Å². The van der Waals surface area contributed by atoms with Crippen LogP contribution in [0.4, 0.5) is 18.9 Å². The third-order valence-electron chi connectivity index (χ3n) is 5.16. The van der Waals surface area contributed by atoms with Crippen molar-refractivity contribution in [2.24, 2.45) is 0 Å². The molecule has 0 aliphatic carbocycles. The molecule has 0 saturated carbocycles. The summed E-state index contributed by atoms with van der Waals surface area (Å²) in [6.45, 7) is 2.05. The smallest absolute Gasteiger partial charge is 0.417 e. The zero-order valence-electron chi connectivity index (χ0n) is 19.0. The zero-order chi connectivity index (χ0) is 26.7. The number of pyridine rings is 1. The van der Waals surface area contributed by atoms with E-state index in [0.717, 1.165) is 12.1 Å². The van der Waals surface area contributed by atoms with Crippen LogP contribution < -0.4 is 10.1 Å². The van der Waals surface area contributed by atoms with Crippen LogP contribution in [0, 0.1) is 0 Å². The van der Waals surface area contributed by atoms with Gasteiger partial charge < -0.3 is 14.8 Å². The van der Waals surface area contributed by atoms with E-state index in [1.807, 2.05) is 5.38 Å². The van der Waals surface area contributed by atoms with Gasteiger partial charge in [-0.15, -0.1) is 11.3 Å². The first-order chi connectivity index (χ1) is 17.6. The Morgan fingerprint density at radius 1 is 1.11 bits per heavy atom. The maximum absolute atomic E-state index is 13.1. The van der Waals surface area contributed by atoms with Gasteiger partial charge in [-0.1, -0.05) is 23.2 Å². The van der Waals surface area contributed by atoms with Gasteiger partial charge in [0.2, 0.25) is 0 Å². The molecule has 0 aliphatic heterocycles.